The Kier molecular flexibility index (Phi) is 27.3. The van der Waals surface area contributed by atoms with Crippen LogP contribution >= 0.6 is 0 Å². The molecule has 0 atom stereocenters. The number of aliphatic hydroxyl groups is 2. The van der Waals surface area contributed by atoms with Gasteiger partial charge in [0.1, 0.15) is 0 Å². The molecule has 1 fully saturated rings. The summed E-state index contributed by atoms with van der Waals surface area (Å²) in [7, 11) is 2.00. The first-order valence-corrected chi connectivity index (χ1v) is 4.62. The molecule has 2 N–H and O–H groups in total. The van der Waals surface area contributed by atoms with E-state index < -0.39 is 0 Å². The van der Waals surface area contributed by atoms with Gasteiger partial charge < -0.3 is 17.1 Å². The second kappa shape index (κ2) is 18.4. The minimum absolute atomic E-state index is 0. The summed E-state index contributed by atoms with van der Waals surface area (Å²) in [5.74, 6) is 0.976. The second-order valence-corrected chi connectivity index (χ2v) is 2.79. The summed E-state index contributed by atoms with van der Waals surface area (Å²) in [6, 6.07) is 0. The Morgan fingerprint density at radius 1 is 1.00 bits per heavy atom. The van der Waals surface area contributed by atoms with E-state index in [9.17, 15) is 0 Å². The van der Waals surface area contributed by atoms with E-state index in [1.165, 1.54) is 38.5 Å². The van der Waals surface area contributed by atoms with Gasteiger partial charge in [-0.3, -0.25) is 0 Å². The molecule has 13 heavy (non-hydrogen) atoms. The standard InChI is InChI=1S/C8H15.2CH4O.Ti/c1-2-8-6-4-3-5-7-8;2*1-2;/h8H,1-7H2;2*2H,1H3;/q-1;;;. The summed E-state index contributed by atoms with van der Waals surface area (Å²) in [6.45, 7) is 3.91. The van der Waals surface area contributed by atoms with Crippen molar-refractivity contribution in [3.8, 4) is 0 Å². The fourth-order valence-electron chi connectivity index (χ4n) is 1.48. The number of aliphatic hydroxyl groups excluding tert-OH is 2. The molecule has 0 unspecified atom stereocenters. The molecular weight excluding hydrogens is 200 g/mol. The predicted octanol–water partition coefficient (Wildman–Crippen LogP) is 2.01. The second-order valence-electron chi connectivity index (χ2n) is 2.79. The number of hydrogen-bond acceptors (Lipinski definition) is 2. The zero-order valence-corrected chi connectivity index (χ0v) is 10.5. The maximum absolute atomic E-state index is 7.00. The van der Waals surface area contributed by atoms with Crippen LogP contribution in [0, 0.1) is 12.8 Å². The van der Waals surface area contributed by atoms with Gasteiger partial charge in [0.15, 0.2) is 0 Å². The molecule has 0 aliphatic heterocycles. The molecule has 80 valence electrons. The third-order valence-corrected chi connectivity index (χ3v) is 2.13. The van der Waals surface area contributed by atoms with Gasteiger partial charge in [0.2, 0.25) is 0 Å². The zero-order chi connectivity index (χ0) is 9.82. The minimum atomic E-state index is 0. The van der Waals surface area contributed by atoms with Crippen molar-refractivity contribution in [2.45, 2.75) is 38.5 Å². The molecule has 2 nitrogen and oxygen atoms in total. The van der Waals surface area contributed by atoms with E-state index in [0.29, 0.717) is 0 Å². The van der Waals surface area contributed by atoms with Crippen molar-refractivity contribution in [1.82, 2.24) is 0 Å². The number of rotatable bonds is 1. The fourth-order valence-corrected chi connectivity index (χ4v) is 1.48. The first-order valence-electron chi connectivity index (χ1n) is 4.62. The summed E-state index contributed by atoms with van der Waals surface area (Å²) in [5, 5.41) is 14.0. The first-order chi connectivity index (χ1) is 5.93. The summed E-state index contributed by atoms with van der Waals surface area (Å²) in [4.78, 5) is 0. The topological polar surface area (TPSA) is 40.5 Å². The average Bonchev–Trinajstić information content (AvgIpc) is 2.25. The molecule has 0 aromatic heterocycles. The van der Waals surface area contributed by atoms with Gasteiger partial charge in [-0.25, -0.2) is 0 Å². The van der Waals surface area contributed by atoms with Gasteiger partial charge in [-0.1, -0.05) is 38.0 Å². The Hall–Kier alpha value is 0.634. The van der Waals surface area contributed by atoms with E-state index in [1.807, 2.05) is 0 Å². The summed E-state index contributed by atoms with van der Waals surface area (Å²) >= 11 is 0. The van der Waals surface area contributed by atoms with Crippen LogP contribution in [0.1, 0.15) is 38.5 Å². The molecule has 0 radical (unpaired) electrons. The van der Waals surface area contributed by atoms with Crippen molar-refractivity contribution in [1.29, 1.82) is 0 Å². The predicted molar refractivity (Wildman–Crippen MR) is 52.8 cm³/mol. The summed E-state index contributed by atoms with van der Waals surface area (Å²) in [5.41, 5.74) is 0. The normalized spacial score (nSPS) is 15.5. The molecule has 0 bridgehead atoms. The van der Waals surface area contributed by atoms with Gasteiger partial charge in [-0.2, -0.15) is 6.42 Å². The molecular formula is C10H23O2Ti-. The van der Waals surface area contributed by atoms with Crippen LogP contribution in [-0.2, 0) is 21.7 Å². The molecule has 0 saturated heterocycles. The third-order valence-electron chi connectivity index (χ3n) is 2.13. The maximum atomic E-state index is 7.00. The molecule has 1 rings (SSSR count). The van der Waals surface area contributed by atoms with Crippen LogP contribution in [0.2, 0.25) is 0 Å². The zero-order valence-electron chi connectivity index (χ0n) is 8.92. The molecule has 0 aromatic carbocycles. The Morgan fingerprint density at radius 2 is 1.38 bits per heavy atom. The van der Waals surface area contributed by atoms with E-state index in [4.69, 9.17) is 10.2 Å². The Labute approximate surface area is 97.6 Å². The van der Waals surface area contributed by atoms with Crippen molar-refractivity contribution in [2.75, 3.05) is 14.2 Å². The Morgan fingerprint density at radius 3 is 1.62 bits per heavy atom. The van der Waals surface area contributed by atoms with Crippen molar-refractivity contribution < 1.29 is 31.9 Å². The van der Waals surface area contributed by atoms with Gasteiger partial charge in [0.25, 0.3) is 0 Å². The molecule has 1 saturated carbocycles. The van der Waals surface area contributed by atoms with E-state index in [-0.39, 0.29) is 21.7 Å². The summed E-state index contributed by atoms with van der Waals surface area (Å²) in [6.07, 6.45) is 8.45. The number of hydrogen-bond donors (Lipinski definition) is 2. The smallest absolute Gasteiger partial charge is 0.0319 e. The Balaban J connectivity index is -0.000000178. The van der Waals surface area contributed by atoms with Gasteiger partial charge in [-0.15, -0.1) is 0 Å². The van der Waals surface area contributed by atoms with Crippen molar-refractivity contribution in [3.63, 3.8) is 0 Å². The molecule has 0 aromatic rings. The third kappa shape index (κ3) is 12.6. The largest absolute Gasteiger partial charge is 0.400 e. The Bertz CT molecular complexity index is 63.9. The van der Waals surface area contributed by atoms with Crippen molar-refractivity contribution in [2.24, 2.45) is 5.92 Å². The molecule has 0 amide bonds. The maximum Gasteiger partial charge on any atom is 0.0319 e. The molecule has 0 spiro atoms. The van der Waals surface area contributed by atoms with Gasteiger partial charge in [0.05, 0.1) is 0 Å². The van der Waals surface area contributed by atoms with Crippen LogP contribution < -0.4 is 0 Å². The van der Waals surface area contributed by atoms with Gasteiger partial charge in [-0.05, 0) is 0 Å². The van der Waals surface area contributed by atoms with Crippen LogP contribution in [0.4, 0.5) is 0 Å². The minimum Gasteiger partial charge on any atom is -0.400 e. The van der Waals surface area contributed by atoms with Gasteiger partial charge >= 0.3 is 0 Å². The molecule has 1 aliphatic rings. The van der Waals surface area contributed by atoms with Crippen molar-refractivity contribution >= 4 is 0 Å². The van der Waals surface area contributed by atoms with E-state index in [1.54, 1.807) is 0 Å². The van der Waals surface area contributed by atoms with E-state index >= 15 is 0 Å². The monoisotopic (exact) mass is 223 g/mol. The van der Waals surface area contributed by atoms with Crippen LogP contribution in [-0.4, -0.2) is 24.4 Å². The fraction of sp³-hybridized carbons (Fsp3) is 0.900. The van der Waals surface area contributed by atoms with Crippen LogP contribution in [0.5, 0.6) is 0 Å². The molecule has 0 heterocycles. The van der Waals surface area contributed by atoms with Gasteiger partial charge in [0, 0.05) is 35.9 Å². The SMILES string of the molecule is CO.CO.[CH2-]CC1CCCCC1.[Ti]. The van der Waals surface area contributed by atoms with Crippen molar-refractivity contribution in [3.05, 3.63) is 6.92 Å². The quantitative estimate of drug-likeness (QED) is 0.527. The van der Waals surface area contributed by atoms with Crippen LogP contribution in [0.3, 0.4) is 0 Å². The summed E-state index contributed by atoms with van der Waals surface area (Å²) < 4.78 is 0. The van der Waals surface area contributed by atoms with Crippen LogP contribution in [0.15, 0.2) is 0 Å². The van der Waals surface area contributed by atoms with E-state index in [0.717, 1.165) is 20.1 Å². The molecule has 1 aliphatic carbocycles. The van der Waals surface area contributed by atoms with E-state index in [2.05, 4.69) is 6.92 Å². The van der Waals surface area contributed by atoms with Crippen LogP contribution in [0.25, 0.3) is 0 Å². The average molecular weight is 223 g/mol. The molecule has 3 heteroatoms. The first kappa shape index (κ1) is 19.2.